The Bertz CT molecular complexity index is 501. The fraction of sp³-hybridized carbons (Fsp3) is 0.429. The van der Waals surface area contributed by atoms with Crippen LogP contribution in [0.25, 0.3) is 0 Å². The minimum absolute atomic E-state index is 0.0648. The maximum atomic E-state index is 13.8. The van der Waals surface area contributed by atoms with Gasteiger partial charge in [0, 0.05) is 33.9 Å². The highest BCUT2D eigenvalue weighted by Crippen LogP contribution is 2.17. The zero-order valence-electron chi connectivity index (χ0n) is 12.1. The first-order valence-electron chi connectivity index (χ1n) is 6.17. The Kier molecular flexibility index (Phi) is 5.49. The van der Waals surface area contributed by atoms with Gasteiger partial charge < -0.3 is 14.5 Å². The highest BCUT2D eigenvalue weighted by Gasteiger charge is 2.15. The van der Waals surface area contributed by atoms with Gasteiger partial charge in [-0.05, 0) is 18.2 Å². The van der Waals surface area contributed by atoms with Crippen LogP contribution in [0, 0.1) is 5.82 Å². The molecule has 0 N–H and O–H groups in total. The molecule has 0 bridgehead atoms. The minimum atomic E-state index is -0.764. The largest absolute Gasteiger partial charge is 0.461 e. The first kappa shape index (κ1) is 15.9. The van der Waals surface area contributed by atoms with Crippen molar-refractivity contribution in [3.63, 3.8) is 0 Å². The van der Waals surface area contributed by atoms with E-state index in [0.717, 1.165) is 0 Å². The van der Waals surface area contributed by atoms with Crippen molar-refractivity contribution in [2.75, 3.05) is 39.7 Å². The molecule has 0 saturated carbocycles. The van der Waals surface area contributed by atoms with Crippen molar-refractivity contribution in [1.82, 2.24) is 4.90 Å². The van der Waals surface area contributed by atoms with E-state index in [9.17, 15) is 14.0 Å². The van der Waals surface area contributed by atoms with Crippen molar-refractivity contribution in [3.8, 4) is 0 Å². The molecule has 1 aromatic rings. The van der Waals surface area contributed by atoms with Gasteiger partial charge in [0.05, 0.1) is 12.0 Å². The average molecular weight is 282 g/mol. The van der Waals surface area contributed by atoms with E-state index in [1.54, 1.807) is 39.2 Å². The van der Waals surface area contributed by atoms with Gasteiger partial charge in [0.2, 0.25) is 5.91 Å². The lowest BCUT2D eigenvalue weighted by molar-refractivity contribution is -0.129. The highest BCUT2D eigenvalue weighted by atomic mass is 19.1. The average Bonchev–Trinajstić information content (AvgIpc) is 2.37. The Morgan fingerprint density at radius 2 is 1.85 bits per heavy atom. The number of nitrogens with zero attached hydrogens (tertiary/aromatic N) is 2. The Morgan fingerprint density at radius 1 is 1.20 bits per heavy atom. The molecule has 0 heterocycles. The third kappa shape index (κ3) is 4.22. The zero-order chi connectivity index (χ0) is 15.3. The Labute approximate surface area is 117 Å². The monoisotopic (exact) mass is 282 g/mol. The van der Waals surface area contributed by atoms with Gasteiger partial charge in [-0.2, -0.15) is 0 Å². The normalized spacial score (nSPS) is 10.1. The topological polar surface area (TPSA) is 49.9 Å². The number of carbonyl (C=O) groups is 2. The molecule has 20 heavy (non-hydrogen) atoms. The van der Waals surface area contributed by atoms with Crippen LogP contribution in [0.15, 0.2) is 18.2 Å². The maximum Gasteiger partial charge on any atom is 0.341 e. The van der Waals surface area contributed by atoms with Crippen LogP contribution in [0.3, 0.4) is 0 Å². The van der Waals surface area contributed by atoms with E-state index in [4.69, 9.17) is 4.74 Å². The zero-order valence-corrected chi connectivity index (χ0v) is 12.1. The molecule has 0 saturated heterocycles. The number of carbonyl (C=O) groups excluding carboxylic acids is 2. The molecule has 0 spiro atoms. The smallest absolute Gasteiger partial charge is 0.341 e. The van der Waals surface area contributed by atoms with Gasteiger partial charge in [-0.25, -0.2) is 9.18 Å². The molecular weight excluding hydrogens is 263 g/mol. The van der Waals surface area contributed by atoms with Crippen LogP contribution < -0.4 is 4.90 Å². The summed E-state index contributed by atoms with van der Waals surface area (Å²) in [6, 6.07) is 4.27. The highest BCUT2D eigenvalue weighted by molar-refractivity contribution is 5.90. The van der Waals surface area contributed by atoms with Crippen molar-refractivity contribution in [1.29, 1.82) is 0 Å². The number of hydrogen-bond donors (Lipinski definition) is 0. The molecule has 1 amide bonds. The summed E-state index contributed by atoms with van der Waals surface area (Å²) in [5, 5.41) is 0. The van der Waals surface area contributed by atoms with Gasteiger partial charge in [0.15, 0.2) is 0 Å². The molecule has 1 rings (SSSR count). The van der Waals surface area contributed by atoms with E-state index in [1.807, 2.05) is 0 Å². The van der Waals surface area contributed by atoms with Gasteiger partial charge in [0.25, 0.3) is 0 Å². The van der Waals surface area contributed by atoms with Gasteiger partial charge in [-0.3, -0.25) is 4.79 Å². The van der Waals surface area contributed by atoms with E-state index >= 15 is 0 Å². The summed E-state index contributed by atoms with van der Waals surface area (Å²) < 4.78 is 18.7. The summed E-state index contributed by atoms with van der Waals surface area (Å²) in [6.45, 7) is -0.0648. The molecule has 5 nitrogen and oxygen atoms in total. The number of halogens is 1. The lowest BCUT2D eigenvalue weighted by Gasteiger charge is -2.13. The van der Waals surface area contributed by atoms with E-state index in [0.29, 0.717) is 5.69 Å². The number of amides is 1. The molecule has 0 aromatic heterocycles. The number of rotatable bonds is 5. The van der Waals surface area contributed by atoms with Gasteiger partial charge in [-0.1, -0.05) is 0 Å². The van der Waals surface area contributed by atoms with Gasteiger partial charge >= 0.3 is 5.97 Å². The Morgan fingerprint density at radius 3 is 2.35 bits per heavy atom. The number of benzene rings is 1. The van der Waals surface area contributed by atoms with Crippen molar-refractivity contribution < 1.29 is 18.7 Å². The molecule has 6 heteroatoms. The van der Waals surface area contributed by atoms with E-state index < -0.39 is 11.8 Å². The fourth-order valence-electron chi connectivity index (χ4n) is 1.48. The molecule has 0 unspecified atom stereocenters. The van der Waals surface area contributed by atoms with E-state index in [2.05, 4.69) is 0 Å². The molecule has 1 aromatic carbocycles. The number of anilines is 1. The van der Waals surface area contributed by atoms with Crippen LogP contribution in [-0.2, 0) is 9.53 Å². The quantitative estimate of drug-likeness (QED) is 0.768. The van der Waals surface area contributed by atoms with Gasteiger partial charge in [-0.15, -0.1) is 0 Å². The lowest BCUT2D eigenvalue weighted by atomic mass is 10.2. The van der Waals surface area contributed by atoms with Crippen LogP contribution in [0.2, 0.25) is 0 Å². The van der Waals surface area contributed by atoms with Crippen LogP contribution in [0.1, 0.15) is 16.8 Å². The standard InChI is InChI=1S/C14H19FN2O3/c1-16(2)10-5-6-11(12(15)9-10)14(19)20-8-7-13(18)17(3)4/h5-6,9H,7-8H2,1-4H3. The van der Waals surface area contributed by atoms with Crippen LogP contribution in [0.5, 0.6) is 0 Å². The molecule has 110 valence electrons. The summed E-state index contributed by atoms with van der Waals surface area (Å²) in [5.41, 5.74) is 0.523. The molecule has 0 aliphatic heterocycles. The Hall–Kier alpha value is -2.11. The van der Waals surface area contributed by atoms with Crippen LogP contribution >= 0.6 is 0 Å². The fourth-order valence-corrected chi connectivity index (χ4v) is 1.48. The van der Waals surface area contributed by atoms with Crippen molar-refractivity contribution in [2.24, 2.45) is 0 Å². The second-order valence-electron chi connectivity index (χ2n) is 4.73. The first-order valence-corrected chi connectivity index (χ1v) is 6.17. The first-order chi connectivity index (χ1) is 9.32. The van der Waals surface area contributed by atoms with Crippen molar-refractivity contribution >= 4 is 17.6 Å². The SMILES string of the molecule is CN(C)C(=O)CCOC(=O)c1ccc(N(C)C)cc1F. The molecule has 0 aliphatic carbocycles. The lowest BCUT2D eigenvalue weighted by Crippen LogP contribution is -2.23. The molecule has 0 aliphatic rings. The third-order valence-electron chi connectivity index (χ3n) is 2.74. The summed E-state index contributed by atoms with van der Waals surface area (Å²) in [5.74, 6) is -1.55. The maximum absolute atomic E-state index is 13.8. The third-order valence-corrected chi connectivity index (χ3v) is 2.74. The molecular formula is C14H19FN2O3. The Balaban J connectivity index is 2.62. The summed E-state index contributed by atoms with van der Waals surface area (Å²) in [6.07, 6.45) is 0.0795. The minimum Gasteiger partial charge on any atom is -0.461 e. The van der Waals surface area contributed by atoms with Crippen LogP contribution in [0.4, 0.5) is 10.1 Å². The van der Waals surface area contributed by atoms with E-state index in [-0.39, 0.29) is 24.5 Å². The molecule has 0 radical (unpaired) electrons. The number of hydrogen-bond acceptors (Lipinski definition) is 4. The van der Waals surface area contributed by atoms with Crippen LogP contribution in [-0.4, -0.2) is 51.6 Å². The predicted octanol–water partition coefficient (Wildman–Crippen LogP) is 1.53. The summed E-state index contributed by atoms with van der Waals surface area (Å²) in [4.78, 5) is 26.1. The number of esters is 1. The van der Waals surface area contributed by atoms with E-state index in [1.165, 1.54) is 17.0 Å². The number of ether oxygens (including phenoxy) is 1. The second kappa shape index (κ2) is 6.88. The van der Waals surface area contributed by atoms with Crippen molar-refractivity contribution in [3.05, 3.63) is 29.6 Å². The molecule has 0 fully saturated rings. The summed E-state index contributed by atoms with van der Waals surface area (Å²) >= 11 is 0. The molecule has 0 atom stereocenters. The predicted molar refractivity (Wildman–Crippen MR) is 74.3 cm³/mol. The van der Waals surface area contributed by atoms with Crippen molar-refractivity contribution in [2.45, 2.75) is 6.42 Å². The second-order valence-corrected chi connectivity index (χ2v) is 4.73. The van der Waals surface area contributed by atoms with Gasteiger partial charge in [0.1, 0.15) is 12.4 Å². The summed E-state index contributed by atoms with van der Waals surface area (Å²) in [7, 11) is 6.78.